The van der Waals surface area contributed by atoms with Crippen molar-refractivity contribution in [2.75, 3.05) is 12.4 Å². The number of nitrogens with zero attached hydrogens (tertiary/aromatic N) is 2. The zero-order valence-corrected chi connectivity index (χ0v) is 11.9. The number of halogens is 1. The summed E-state index contributed by atoms with van der Waals surface area (Å²) in [6.45, 7) is 4.23. The first kappa shape index (κ1) is 13.6. The van der Waals surface area contributed by atoms with Crippen LogP contribution in [0.15, 0.2) is 30.5 Å². The van der Waals surface area contributed by atoms with Crippen LogP contribution in [0.25, 0.3) is 0 Å². The standard InChI is InChI=1S/C14H16ClN3O/c1-9(2)10-6-4-5-7-12(10)19-13-11(15)8-17-14(16-3)18-13/h4-9H,1-3H3,(H,16,17,18). The summed E-state index contributed by atoms with van der Waals surface area (Å²) < 4.78 is 5.82. The normalized spacial score (nSPS) is 10.6. The quantitative estimate of drug-likeness (QED) is 0.914. The second-order valence-corrected chi connectivity index (χ2v) is 4.80. The van der Waals surface area contributed by atoms with Crippen LogP contribution in [0.1, 0.15) is 25.3 Å². The van der Waals surface area contributed by atoms with Crippen LogP contribution >= 0.6 is 11.6 Å². The summed E-state index contributed by atoms with van der Waals surface area (Å²) in [5.41, 5.74) is 1.11. The fourth-order valence-electron chi connectivity index (χ4n) is 1.70. The second kappa shape index (κ2) is 5.89. The molecule has 100 valence electrons. The van der Waals surface area contributed by atoms with Crippen molar-refractivity contribution in [2.24, 2.45) is 0 Å². The van der Waals surface area contributed by atoms with Crippen molar-refractivity contribution < 1.29 is 4.74 Å². The number of rotatable bonds is 4. The molecule has 1 aromatic carbocycles. The molecular weight excluding hydrogens is 262 g/mol. The maximum absolute atomic E-state index is 6.06. The van der Waals surface area contributed by atoms with Crippen molar-refractivity contribution >= 4 is 17.5 Å². The molecule has 0 unspecified atom stereocenters. The Bertz CT molecular complexity index is 572. The number of ether oxygens (including phenoxy) is 1. The maximum atomic E-state index is 6.06. The largest absolute Gasteiger partial charge is 0.437 e. The van der Waals surface area contributed by atoms with E-state index in [0.29, 0.717) is 22.8 Å². The van der Waals surface area contributed by atoms with Gasteiger partial charge in [0.05, 0.1) is 6.20 Å². The van der Waals surface area contributed by atoms with Gasteiger partial charge in [0.1, 0.15) is 10.8 Å². The smallest absolute Gasteiger partial charge is 0.243 e. The predicted octanol–water partition coefficient (Wildman–Crippen LogP) is 4.09. The first-order chi connectivity index (χ1) is 9.11. The number of hydrogen-bond donors (Lipinski definition) is 1. The van der Waals surface area contributed by atoms with Gasteiger partial charge in [-0.1, -0.05) is 43.6 Å². The number of aromatic nitrogens is 2. The van der Waals surface area contributed by atoms with Gasteiger partial charge < -0.3 is 10.1 Å². The number of benzene rings is 1. The molecule has 0 aliphatic rings. The SMILES string of the molecule is CNc1ncc(Cl)c(Oc2ccccc2C(C)C)n1. The minimum atomic E-state index is 0.356. The Morgan fingerprint density at radius 2 is 2.00 bits per heavy atom. The molecule has 4 nitrogen and oxygen atoms in total. The van der Waals surface area contributed by atoms with Gasteiger partial charge in [-0.05, 0) is 17.5 Å². The van der Waals surface area contributed by atoms with Crippen LogP contribution in [0.5, 0.6) is 11.6 Å². The molecule has 0 saturated carbocycles. The molecule has 0 spiro atoms. The highest BCUT2D eigenvalue weighted by Crippen LogP contribution is 2.32. The third kappa shape index (κ3) is 3.15. The van der Waals surface area contributed by atoms with E-state index in [1.54, 1.807) is 7.05 Å². The van der Waals surface area contributed by atoms with Gasteiger partial charge in [0.2, 0.25) is 11.8 Å². The van der Waals surface area contributed by atoms with E-state index in [1.165, 1.54) is 6.20 Å². The summed E-state index contributed by atoms with van der Waals surface area (Å²) >= 11 is 6.06. The van der Waals surface area contributed by atoms with Crippen LogP contribution in [0.4, 0.5) is 5.95 Å². The first-order valence-electron chi connectivity index (χ1n) is 6.09. The summed E-state index contributed by atoms with van der Waals surface area (Å²) in [6, 6.07) is 7.86. The molecule has 0 radical (unpaired) electrons. The number of anilines is 1. The Labute approximate surface area is 117 Å². The highest BCUT2D eigenvalue weighted by atomic mass is 35.5. The van der Waals surface area contributed by atoms with Gasteiger partial charge in [0.15, 0.2) is 0 Å². The minimum absolute atomic E-state index is 0.356. The summed E-state index contributed by atoms with van der Waals surface area (Å²) in [7, 11) is 1.75. The summed E-state index contributed by atoms with van der Waals surface area (Å²) in [5, 5.41) is 3.24. The van der Waals surface area contributed by atoms with E-state index in [1.807, 2.05) is 24.3 Å². The fourth-order valence-corrected chi connectivity index (χ4v) is 1.83. The minimum Gasteiger partial charge on any atom is -0.437 e. The van der Waals surface area contributed by atoms with E-state index >= 15 is 0 Å². The van der Waals surface area contributed by atoms with Gasteiger partial charge in [0.25, 0.3) is 0 Å². The molecule has 0 bridgehead atoms. The molecule has 0 aliphatic carbocycles. The van der Waals surface area contributed by atoms with Crippen molar-refractivity contribution in [1.82, 2.24) is 9.97 Å². The van der Waals surface area contributed by atoms with E-state index in [2.05, 4.69) is 29.1 Å². The van der Waals surface area contributed by atoms with E-state index in [0.717, 1.165) is 11.3 Å². The van der Waals surface area contributed by atoms with Crippen molar-refractivity contribution in [2.45, 2.75) is 19.8 Å². The molecule has 2 rings (SSSR count). The Kier molecular flexibility index (Phi) is 4.22. The Morgan fingerprint density at radius 1 is 1.26 bits per heavy atom. The summed E-state index contributed by atoms with van der Waals surface area (Å²) in [4.78, 5) is 8.23. The lowest BCUT2D eigenvalue weighted by Gasteiger charge is -2.13. The van der Waals surface area contributed by atoms with Crippen LogP contribution in [-0.4, -0.2) is 17.0 Å². The lowest BCUT2D eigenvalue weighted by atomic mass is 10.0. The Hall–Kier alpha value is -1.81. The number of nitrogens with one attached hydrogen (secondary N) is 1. The van der Waals surface area contributed by atoms with E-state index < -0.39 is 0 Å². The lowest BCUT2D eigenvalue weighted by molar-refractivity contribution is 0.454. The van der Waals surface area contributed by atoms with Crippen LogP contribution < -0.4 is 10.1 Å². The molecule has 19 heavy (non-hydrogen) atoms. The topological polar surface area (TPSA) is 47.0 Å². The highest BCUT2D eigenvalue weighted by Gasteiger charge is 2.12. The molecule has 1 heterocycles. The average molecular weight is 278 g/mol. The third-order valence-corrected chi connectivity index (χ3v) is 2.94. The predicted molar refractivity (Wildman–Crippen MR) is 77.2 cm³/mol. The maximum Gasteiger partial charge on any atom is 0.243 e. The lowest BCUT2D eigenvalue weighted by Crippen LogP contribution is -2.00. The second-order valence-electron chi connectivity index (χ2n) is 4.39. The Morgan fingerprint density at radius 3 is 2.68 bits per heavy atom. The first-order valence-corrected chi connectivity index (χ1v) is 6.46. The van der Waals surface area contributed by atoms with Crippen LogP contribution in [0.3, 0.4) is 0 Å². The van der Waals surface area contributed by atoms with Crippen molar-refractivity contribution in [3.05, 3.63) is 41.0 Å². The van der Waals surface area contributed by atoms with Gasteiger partial charge >= 0.3 is 0 Å². The highest BCUT2D eigenvalue weighted by molar-refractivity contribution is 6.31. The van der Waals surface area contributed by atoms with E-state index in [-0.39, 0.29) is 0 Å². The van der Waals surface area contributed by atoms with Crippen molar-refractivity contribution in [1.29, 1.82) is 0 Å². The molecular formula is C14H16ClN3O. The van der Waals surface area contributed by atoms with Gasteiger partial charge in [0, 0.05) is 7.05 Å². The van der Waals surface area contributed by atoms with E-state index in [9.17, 15) is 0 Å². The van der Waals surface area contributed by atoms with Crippen molar-refractivity contribution in [3.8, 4) is 11.6 Å². The summed E-state index contributed by atoms with van der Waals surface area (Å²) in [6.07, 6.45) is 1.52. The number of hydrogen-bond acceptors (Lipinski definition) is 4. The molecule has 1 aromatic heterocycles. The van der Waals surface area contributed by atoms with Crippen molar-refractivity contribution in [3.63, 3.8) is 0 Å². The van der Waals surface area contributed by atoms with Crippen LogP contribution in [0.2, 0.25) is 5.02 Å². The Balaban J connectivity index is 2.36. The fraction of sp³-hybridized carbons (Fsp3) is 0.286. The van der Waals surface area contributed by atoms with Gasteiger partial charge in [-0.25, -0.2) is 4.98 Å². The third-order valence-electron chi connectivity index (χ3n) is 2.68. The average Bonchev–Trinajstić information content (AvgIpc) is 2.41. The molecule has 0 aliphatic heterocycles. The van der Waals surface area contributed by atoms with Crippen LogP contribution in [0, 0.1) is 0 Å². The molecule has 1 N–H and O–H groups in total. The molecule has 5 heteroatoms. The van der Waals surface area contributed by atoms with Crippen LogP contribution in [-0.2, 0) is 0 Å². The van der Waals surface area contributed by atoms with Gasteiger partial charge in [-0.2, -0.15) is 4.98 Å². The summed E-state index contributed by atoms with van der Waals surface area (Å²) in [5.74, 6) is 1.95. The monoisotopic (exact) mass is 277 g/mol. The molecule has 2 aromatic rings. The van der Waals surface area contributed by atoms with Gasteiger partial charge in [-0.15, -0.1) is 0 Å². The van der Waals surface area contributed by atoms with Gasteiger partial charge in [-0.3, -0.25) is 0 Å². The molecule has 0 fully saturated rings. The zero-order valence-electron chi connectivity index (χ0n) is 11.1. The molecule has 0 saturated heterocycles. The number of para-hydroxylation sites is 1. The molecule has 0 amide bonds. The van der Waals surface area contributed by atoms with E-state index in [4.69, 9.17) is 16.3 Å². The zero-order chi connectivity index (χ0) is 13.8. The molecule has 0 atom stereocenters.